The maximum absolute atomic E-state index is 11.0. The van der Waals surface area contributed by atoms with Crippen LogP contribution in [0.2, 0.25) is 0 Å². The molecule has 0 fully saturated rings. The van der Waals surface area contributed by atoms with Gasteiger partial charge in [-0.15, -0.1) is 0 Å². The third-order valence-electron chi connectivity index (χ3n) is 2.57. The zero-order valence-electron chi connectivity index (χ0n) is 10.5. The largest absolute Gasteiger partial charge is 0.394 e. The molecule has 0 saturated carbocycles. The van der Waals surface area contributed by atoms with Crippen LogP contribution in [0, 0.1) is 16.0 Å². The first-order chi connectivity index (χ1) is 8.51. The predicted octanol–water partition coefficient (Wildman–Crippen LogP) is 0.855. The molecule has 0 amide bonds. The Morgan fingerprint density at radius 2 is 2.06 bits per heavy atom. The average Bonchev–Trinajstić information content (AvgIpc) is 2.34. The van der Waals surface area contributed by atoms with Crippen molar-refractivity contribution in [1.82, 2.24) is 9.97 Å². The van der Waals surface area contributed by atoms with Crippen LogP contribution in [0.25, 0.3) is 0 Å². The van der Waals surface area contributed by atoms with Gasteiger partial charge in [0.15, 0.2) is 0 Å². The number of nitrogens with zero attached hydrogens (tertiary/aromatic N) is 3. The van der Waals surface area contributed by atoms with Gasteiger partial charge < -0.3 is 15.7 Å². The Hall–Kier alpha value is -1.96. The van der Waals surface area contributed by atoms with E-state index in [9.17, 15) is 15.2 Å². The van der Waals surface area contributed by atoms with Gasteiger partial charge in [0.05, 0.1) is 17.6 Å². The van der Waals surface area contributed by atoms with Crippen molar-refractivity contribution in [2.24, 2.45) is 5.92 Å². The number of aromatic nitrogens is 2. The van der Waals surface area contributed by atoms with E-state index in [1.54, 1.807) is 7.05 Å². The second-order valence-corrected chi connectivity index (χ2v) is 4.10. The van der Waals surface area contributed by atoms with E-state index >= 15 is 0 Å². The summed E-state index contributed by atoms with van der Waals surface area (Å²) in [5.41, 5.74) is -0.223. The van der Waals surface area contributed by atoms with E-state index in [-0.39, 0.29) is 35.9 Å². The Morgan fingerprint density at radius 3 is 2.50 bits per heavy atom. The first-order valence-electron chi connectivity index (χ1n) is 5.55. The number of hydrogen-bond donors (Lipinski definition) is 3. The molecule has 18 heavy (non-hydrogen) atoms. The molecule has 0 spiro atoms. The summed E-state index contributed by atoms with van der Waals surface area (Å²) in [5.74, 6) is 0.354. The van der Waals surface area contributed by atoms with E-state index in [4.69, 9.17) is 0 Å². The standard InChI is InChI=1S/C10H17N5O3/c1-6(2)7(4-16)14-10-8(15(17)18)9(11-3)12-5-13-10/h5-7,16H,4H2,1-3H3,(H2,11,12,13,14). The van der Waals surface area contributed by atoms with Crippen LogP contribution in [0.3, 0.4) is 0 Å². The molecule has 0 aliphatic heterocycles. The predicted molar refractivity (Wildman–Crippen MR) is 67.6 cm³/mol. The first kappa shape index (κ1) is 14.1. The summed E-state index contributed by atoms with van der Waals surface area (Å²) >= 11 is 0. The summed E-state index contributed by atoms with van der Waals surface area (Å²) in [6, 6.07) is -0.302. The number of hydrogen-bond acceptors (Lipinski definition) is 7. The fourth-order valence-electron chi connectivity index (χ4n) is 1.44. The summed E-state index contributed by atoms with van der Waals surface area (Å²) in [6.45, 7) is 3.67. The Morgan fingerprint density at radius 1 is 1.44 bits per heavy atom. The quantitative estimate of drug-likeness (QED) is 0.510. The van der Waals surface area contributed by atoms with Crippen molar-refractivity contribution in [3.8, 4) is 0 Å². The van der Waals surface area contributed by atoms with Gasteiger partial charge in [-0.05, 0) is 5.92 Å². The minimum Gasteiger partial charge on any atom is -0.394 e. The fourth-order valence-corrected chi connectivity index (χ4v) is 1.44. The summed E-state index contributed by atoms with van der Waals surface area (Å²) in [6.07, 6.45) is 1.23. The molecule has 8 nitrogen and oxygen atoms in total. The Bertz CT molecular complexity index is 424. The molecule has 0 radical (unpaired) electrons. The summed E-state index contributed by atoms with van der Waals surface area (Å²) < 4.78 is 0. The summed E-state index contributed by atoms with van der Waals surface area (Å²) in [7, 11) is 1.55. The lowest BCUT2D eigenvalue weighted by atomic mass is 10.1. The molecular formula is C10H17N5O3. The molecule has 1 unspecified atom stereocenters. The maximum atomic E-state index is 11.0. The lowest BCUT2D eigenvalue weighted by Gasteiger charge is -2.20. The van der Waals surface area contributed by atoms with Crippen molar-refractivity contribution in [2.75, 3.05) is 24.3 Å². The van der Waals surface area contributed by atoms with Gasteiger partial charge in [0.25, 0.3) is 0 Å². The van der Waals surface area contributed by atoms with Gasteiger partial charge in [0, 0.05) is 7.05 Å². The van der Waals surface area contributed by atoms with Crippen molar-refractivity contribution in [1.29, 1.82) is 0 Å². The number of aliphatic hydroxyl groups is 1. The number of nitrogens with one attached hydrogen (secondary N) is 2. The molecule has 1 atom stereocenters. The molecule has 100 valence electrons. The monoisotopic (exact) mass is 255 g/mol. The van der Waals surface area contributed by atoms with Crippen LogP contribution in [0.4, 0.5) is 17.3 Å². The second kappa shape index (κ2) is 6.10. The highest BCUT2D eigenvalue weighted by molar-refractivity contribution is 5.69. The zero-order valence-corrected chi connectivity index (χ0v) is 10.5. The topological polar surface area (TPSA) is 113 Å². The molecule has 0 saturated heterocycles. The first-order valence-corrected chi connectivity index (χ1v) is 5.55. The Labute approximate surface area is 105 Å². The SMILES string of the molecule is CNc1ncnc(NC(CO)C(C)C)c1[N+](=O)[O-]. The van der Waals surface area contributed by atoms with Crippen molar-refractivity contribution in [3.05, 3.63) is 16.4 Å². The van der Waals surface area contributed by atoms with Gasteiger partial charge in [-0.2, -0.15) is 0 Å². The van der Waals surface area contributed by atoms with E-state index < -0.39 is 4.92 Å². The van der Waals surface area contributed by atoms with E-state index in [0.717, 1.165) is 0 Å². The van der Waals surface area contributed by atoms with Crippen LogP contribution in [0.15, 0.2) is 6.33 Å². The Kier molecular flexibility index (Phi) is 4.78. The highest BCUT2D eigenvalue weighted by Crippen LogP contribution is 2.29. The van der Waals surface area contributed by atoms with Gasteiger partial charge in [-0.25, -0.2) is 9.97 Å². The van der Waals surface area contributed by atoms with Gasteiger partial charge in [0.2, 0.25) is 11.6 Å². The van der Waals surface area contributed by atoms with Crippen LogP contribution in [-0.2, 0) is 0 Å². The van der Waals surface area contributed by atoms with Crippen LogP contribution < -0.4 is 10.6 Å². The number of aliphatic hydroxyl groups excluding tert-OH is 1. The molecule has 0 aliphatic rings. The van der Waals surface area contributed by atoms with Crippen molar-refractivity contribution in [2.45, 2.75) is 19.9 Å². The van der Waals surface area contributed by atoms with E-state index in [1.165, 1.54) is 6.33 Å². The normalized spacial score (nSPS) is 12.3. The third-order valence-corrected chi connectivity index (χ3v) is 2.57. The molecular weight excluding hydrogens is 238 g/mol. The number of rotatable bonds is 6. The van der Waals surface area contributed by atoms with Crippen LogP contribution >= 0.6 is 0 Å². The van der Waals surface area contributed by atoms with Crippen LogP contribution in [0.1, 0.15) is 13.8 Å². The van der Waals surface area contributed by atoms with Gasteiger partial charge in [0.1, 0.15) is 6.33 Å². The zero-order chi connectivity index (χ0) is 13.7. The minimum absolute atomic E-state index is 0.104. The second-order valence-electron chi connectivity index (χ2n) is 4.10. The lowest BCUT2D eigenvalue weighted by Crippen LogP contribution is -2.30. The van der Waals surface area contributed by atoms with Crippen molar-refractivity contribution < 1.29 is 10.0 Å². The lowest BCUT2D eigenvalue weighted by molar-refractivity contribution is -0.383. The molecule has 3 N–H and O–H groups in total. The average molecular weight is 255 g/mol. The van der Waals surface area contributed by atoms with Gasteiger partial charge in [-0.1, -0.05) is 13.8 Å². The highest BCUT2D eigenvalue weighted by Gasteiger charge is 2.24. The number of anilines is 2. The van der Waals surface area contributed by atoms with E-state index in [2.05, 4.69) is 20.6 Å². The molecule has 0 bridgehead atoms. The van der Waals surface area contributed by atoms with Crippen LogP contribution in [0.5, 0.6) is 0 Å². The molecule has 0 aliphatic carbocycles. The molecule has 1 rings (SSSR count). The van der Waals surface area contributed by atoms with Crippen molar-refractivity contribution >= 4 is 17.3 Å². The summed E-state index contributed by atoms with van der Waals surface area (Å²) in [5, 5.41) is 25.8. The molecule has 8 heteroatoms. The third kappa shape index (κ3) is 3.04. The fraction of sp³-hybridized carbons (Fsp3) is 0.600. The smallest absolute Gasteiger partial charge is 0.353 e. The Balaban J connectivity index is 3.12. The van der Waals surface area contributed by atoms with Gasteiger partial charge in [-0.3, -0.25) is 10.1 Å². The highest BCUT2D eigenvalue weighted by atomic mass is 16.6. The van der Waals surface area contributed by atoms with Crippen molar-refractivity contribution in [3.63, 3.8) is 0 Å². The molecule has 0 aromatic carbocycles. The number of nitro groups is 1. The van der Waals surface area contributed by atoms with E-state index in [1.807, 2.05) is 13.8 Å². The van der Waals surface area contributed by atoms with Crippen LogP contribution in [-0.4, -0.2) is 39.7 Å². The minimum atomic E-state index is -0.553. The maximum Gasteiger partial charge on any atom is 0.353 e. The molecule has 1 heterocycles. The summed E-state index contributed by atoms with van der Waals surface area (Å²) in [4.78, 5) is 18.1. The van der Waals surface area contributed by atoms with Gasteiger partial charge >= 0.3 is 5.69 Å². The molecule has 1 aromatic rings. The molecule has 1 aromatic heterocycles. The van der Waals surface area contributed by atoms with E-state index in [0.29, 0.717) is 0 Å².